The molecule has 0 amide bonds. The minimum Gasteiger partial charge on any atom is -0.481 e. The highest BCUT2D eigenvalue weighted by molar-refractivity contribution is 7.16. The Hall–Kier alpha value is -1.95. The van der Waals surface area contributed by atoms with Crippen LogP contribution in [0, 0.1) is 5.92 Å². The topological polar surface area (TPSA) is 72.2 Å². The van der Waals surface area contributed by atoms with Crippen LogP contribution in [-0.4, -0.2) is 26.4 Å². The number of carbonyl (C=O) groups excluding carboxylic acids is 1. The lowest BCUT2D eigenvalue weighted by molar-refractivity contribution is -0.137. The molecule has 6 heteroatoms. The quantitative estimate of drug-likeness (QED) is 0.796. The minimum absolute atomic E-state index is 0.0781. The van der Waals surface area contributed by atoms with Gasteiger partial charge in [-0.15, -0.1) is 11.3 Å². The highest BCUT2D eigenvalue weighted by Crippen LogP contribution is 2.26. The van der Waals surface area contributed by atoms with Crippen LogP contribution in [-0.2, 0) is 4.79 Å². The Balaban J connectivity index is 2.17. The monoisotopic (exact) mass is 292 g/mol. The second-order valence-corrected chi connectivity index (χ2v) is 5.62. The summed E-state index contributed by atoms with van der Waals surface area (Å²) in [6, 6.07) is 3.61. The van der Waals surface area contributed by atoms with Crippen molar-refractivity contribution in [2.75, 3.05) is 0 Å². The van der Waals surface area contributed by atoms with Crippen molar-refractivity contribution < 1.29 is 14.7 Å². The van der Waals surface area contributed by atoms with Crippen LogP contribution in [0.4, 0.5) is 0 Å². The summed E-state index contributed by atoms with van der Waals surface area (Å²) in [6.07, 6.45) is 6.44. The summed E-state index contributed by atoms with van der Waals surface area (Å²) >= 11 is 1.36. The molecule has 0 saturated carbocycles. The number of thiophene rings is 1. The van der Waals surface area contributed by atoms with Crippen molar-refractivity contribution in [2.24, 2.45) is 5.92 Å². The summed E-state index contributed by atoms with van der Waals surface area (Å²) in [5.41, 5.74) is 0. The standard InChI is InChI=1S/C14H16N2O3S/c1-2-3-10(8-13(17)18)14(19)11-4-5-12(20-11)16-7-6-15-9-16/h4-7,9-10H,2-3,8H2,1H3,(H,17,18). The number of aliphatic carboxylic acids is 1. The Morgan fingerprint density at radius 2 is 2.25 bits per heavy atom. The number of hydrogen-bond donors (Lipinski definition) is 1. The smallest absolute Gasteiger partial charge is 0.304 e. The molecule has 106 valence electrons. The lowest BCUT2D eigenvalue weighted by Gasteiger charge is -2.10. The van der Waals surface area contributed by atoms with E-state index >= 15 is 0 Å². The molecular weight excluding hydrogens is 276 g/mol. The first kappa shape index (κ1) is 14.5. The van der Waals surface area contributed by atoms with E-state index in [1.165, 1.54) is 11.3 Å². The first-order valence-corrected chi connectivity index (χ1v) is 7.27. The first-order chi connectivity index (χ1) is 9.61. The molecule has 0 bridgehead atoms. The molecule has 0 radical (unpaired) electrons. The van der Waals surface area contributed by atoms with Gasteiger partial charge in [-0.25, -0.2) is 4.98 Å². The van der Waals surface area contributed by atoms with Gasteiger partial charge in [0.25, 0.3) is 0 Å². The Kier molecular flexibility index (Phi) is 4.68. The zero-order valence-corrected chi connectivity index (χ0v) is 12.0. The molecule has 20 heavy (non-hydrogen) atoms. The fourth-order valence-corrected chi connectivity index (χ4v) is 3.05. The normalized spacial score (nSPS) is 12.2. The third-order valence-electron chi connectivity index (χ3n) is 3.02. The van der Waals surface area contributed by atoms with Crippen LogP contribution in [0.1, 0.15) is 35.9 Å². The van der Waals surface area contributed by atoms with Gasteiger partial charge in [0.2, 0.25) is 0 Å². The Labute approximate surface area is 120 Å². The first-order valence-electron chi connectivity index (χ1n) is 6.46. The molecule has 2 rings (SSSR count). The maximum Gasteiger partial charge on any atom is 0.304 e. The van der Waals surface area contributed by atoms with Crippen molar-refractivity contribution in [2.45, 2.75) is 26.2 Å². The van der Waals surface area contributed by atoms with E-state index in [9.17, 15) is 9.59 Å². The molecule has 0 saturated heterocycles. The molecule has 0 aliphatic carbocycles. The molecule has 0 spiro atoms. The third kappa shape index (κ3) is 3.33. The number of imidazole rings is 1. The number of aromatic nitrogens is 2. The van der Waals surface area contributed by atoms with Crippen LogP contribution in [0.3, 0.4) is 0 Å². The van der Waals surface area contributed by atoms with Crippen molar-refractivity contribution in [3.05, 3.63) is 35.7 Å². The number of carboxylic acids is 1. The van der Waals surface area contributed by atoms with Gasteiger partial charge >= 0.3 is 5.97 Å². The van der Waals surface area contributed by atoms with E-state index in [4.69, 9.17) is 5.11 Å². The Morgan fingerprint density at radius 1 is 1.45 bits per heavy atom. The molecule has 1 unspecified atom stereocenters. The molecule has 2 aromatic rings. The maximum absolute atomic E-state index is 12.4. The Morgan fingerprint density at radius 3 is 2.85 bits per heavy atom. The minimum atomic E-state index is -0.928. The summed E-state index contributed by atoms with van der Waals surface area (Å²) < 4.78 is 1.83. The molecule has 1 atom stereocenters. The largest absolute Gasteiger partial charge is 0.481 e. The third-order valence-corrected chi connectivity index (χ3v) is 4.14. The average Bonchev–Trinajstić information content (AvgIpc) is 3.07. The fraction of sp³-hybridized carbons (Fsp3) is 0.357. The van der Waals surface area contributed by atoms with Crippen molar-refractivity contribution >= 4 is 23.1 Å². The number of Topliss-reactive ketones (excluding diaryl/α,β-unsaturated/α-hetero) is 1. The van der Waals surface area contributed by atoms with Crippen LogP contribution >= 0.6 is 11.3 Å². The van der Waals surface area contributed by atoms with E-state index in [-0.39, 0.29) is 12.2 Å². The van der Waals surface area contributed by atoms with Crippen LogP contribution in [0.25, 0.3) is 5.00 Å². The van der Waals surface area contributed by atoms with E-state index in [2.05, 4.69) is 4.98 Å². The molecule has 1 N–H and O–H groups in total. The summed E-state index contributed by atoms with van der Waals surface area (Å²) in [5, 5.41) is 9.80. The van der Waals surface area contributed by atoms with E-state index in [1.54, 1.807) is 24.8 Å². The van der Waals surface area contributed by atoms with Crippen molar-refractivity contribution in [1.82, 2.24) is 9.55 Å². The molecule has 0 aliphatic heterocycles. The van der Waals surface area contributed by atoms with Gasteiger partial charge in [0.1, 0.15) is 5.00 Å². The zero-order chi connectivity index (χ0) is 14.5. The van der Waals surface area contributed by atoms with Crippen LogP contribution in [0.2, 0.25) is 0 Å². The molecular formula is C14H16N2O3S. The van der Waals surface area contributed by atoms with Crippen LogP contribution in [0.15, 0.2) is 30.9 Å². The molecule has 2 heterocycles. The lowest BCUT2D eigenvalue weighted by Crippen LogP contribution is -2.17. The summed E-state index contributed by atoms with van der Waals surface area (Å²) in [4.78, 5) is 27.8. The van der Waals surface area contributed by atoms with Gasteiger partial charge in [0.15, 0.2) is 5.78 Å². The van der Waals surface area contributed by atoms with Gasteiger partial charge < -0.3 is 5.11 Å². The molecule has 2 aromatic heterocycles. The summed E-state index contributed by atoms with van der Waals surface area (Å²) in [5.74, 6) is -1.44. The number of carboxylic acid groups (broad SMARTS) is 1. The lowest BCUT2D eigenvalue weighted by atomic mass is 9.94. The summed E-state index contributed by atoms with van der Waals surface area (Å²) in [6.45, 7) is 1.95. The van der Waals surface area contributed by atoms with E-state index < -0.39 is 11.9 Å². The van der Waals surface area contributed by atoms with Gasteiger partial charge in [0, 0.05) is 18.3 Å². The van der Waals surface area contributed by atoms with Gasteiger partial charge in [-0.3, -0.25) is 14.2 Å². The fourth-order valence-electron chi connectivity index (χ4n) is 2.07. The van der Waals surface area contributed by atoms with E-state index in [0.717, 1.165) is 11.4 Å². The molecule has 0 aromatic carbocycles. The highest BCUT2D eigenvalue weighted by atomic mass is 32.1. The number of carbonyl (C=O) groups is 2. The number of nitrogens with zero attached hydrogens (tertiary/aromatic N) is 2. The molecule has 0 aliphatic rings. The van der Waals surface area contributed by atoms with Crippen LogP contribution in [0.5, 0.6) is 0 Å². The SMILES string of the molecule is CCCC(CC(=O)O)C(=O)c1ccc(-n2ccnc2)s1. The zero-order valence-electron chi connectivity index (χ0n) is 11.2. The van der Waals surface area contributed by atoms with Crippen LogP contribution < -0.4 is 0 Å². The molecule has 5 nitrogen and oxygen atoms in total. The number of ketones is 1. The highest BCUT2D eigenvalue weighted by Gasteiger charge is 2.23. The molecule has 0 fully saturated rings. The predicted octanol–water partition coefficient (Wildman–Crippen LogP) is 3.01. The number of hydrogen-bond acceptors (Lipinski definition) is 4. The van der Waals surface area contributed by atoms with Gasteiger partial charge in [0.05, 0.1) is 17.6 Å². The average molecular weight is 292 g/mol. The van der Waals surface area contributed by atoms with Gasteiger partial charge in [-0.2, -0.15) is 0 Å². The predicted molar refractivity (Wildman–Crippen MR) is 76.4 cm³/mol. The number of rotatable bonds is 7. The maximum atomic E-state index is 12.4. The second kappa shape index (κ2) is 6.47. The van der Waals surface area contributed by atoms with E-state index in [1.807, 2.05) is 17.6 Å². The van der Waals surface area contributed by atoms with Gasteiger partial charge in [-0.1, -0.05) is 13.3 Å². The van der Waals surface area contributed by atoms with Crippen molar-refractivity contribution in [1.29, 1.82) is 0 Å². The van der Waals surface area contributed by atoms with Gasteiger partial charge in [-0.05, 0) is 18.6 Å². The Bertz CT molecular complexity index is 589. The van der Waals surface area contributed by atoms with E-state index in [0.29, 0.717) is 11.3 Å². The van der Waals surface area contributed by atoms with Crippen molar-refractivity contribution in [3.63, 3.8) is 0 Å². The summed E-state index contributed by atoms with van der Waals surface area (Å²) in [7, 11) is 0. The second-order valence-electron chi connectivity index (χ2n) is 4.56. The van der Waals surface area contributed by atoms with Crippen molar-refractivity contribution in [3.8, 4) is 5.00 Å².